The van der Waals surface area contributed by atoms with Gasteiger partial charge >= 0.3 is 5.97 Å². The van der Waals surface area contributed by atoms with Crippen LogP contribution in [0.3, 0.4) is 0 Å². The average Bonchev–Trinajstić information content (AvgIpc) is 2.07. The first-order chi connectivity index (χ1) is 5.95. The summed E-state index contributed by atoms with van der Waals surface area (Å²) in [5, 5.41) is 44.4. The quantitative estimate of drug-likeness (QED) is 0.298. The second-order valence-electron chi connectivity index (χ2n) is 2.76. The number of carboxylic acids is 1. The SMILES string of the molecule is O=C(O)C1O[C@H](O)C(O)C(O)[C@@H]1O. The van der Waals surface area contributed by atoms with Crippen molar-refractivity contribution in [2.24, 2.45) is 0 Å². The molecule has 1 fully saturated rings. The van der Waals surface area contributed by atoms with Crippen LogP contribution in [0.25, 0.3) is 0 Å². The third kappa shape index (κ3) is 1.79. The van der Waals surface area contributed by atoms with Crippen molar-refractivity contribution in [2.75, 3.05) is 0 Å². The molecule has 0 amide bonds. The van der Waals surface area contributed by atoms with Crippen molar-refractivity contribution in [2.45, 2.75) is 30.7 Å². The maximum Gasteiger partial charge on any atom is 0.335 e. The fourth-order valence-corrected chi connectivity index (χ4v) is 1.07. The van der Waals surface area contributed by atoms with Crippen molar-refractivity contribution in [3.8, 4) is 0 Å². The topological polar surface area (TPSA) is 127 Å². The van der Waals surface area contributed by atoms with Crippen LogP contribution in [0.5, 0.6) is 0 Å². The smallest absolute Gasteiger partial charge is 0.335 e. The third-order valence-corrected chi connectivity index (χ3v) is 1.83. The molecule has 7 heteroatoms. The number of ether oxygens (including phenoxy) is 1. The van der Waals surface area contributed by atoms with Gasteiger partial charge in [-0.05, 0) is 0 Å². The minimum Gasteiger partial charge on any atom is -0.479 e. The maximum absolute atomic E-state index is 10.4. The molecule has 0 aliphatic carbocycles. The van der Waals surface area contributed by atoms with Crippen LogP contribution in [0.1, 0.15) is 0 Å². The molecule has 5 N–H and O–H groups in total. The van der Waals surface area contributed by atoms with E-state index in [9.17, 15) is 4.79 Å². The second-order valence-corrected chi connectivity index (χ2v) is 2.76. The Labute approximate surface area is 72.8 Å². The molecule has 13 heavy (non-hydrogen) atoms. The van der Waals surface area contributed by atoms with Gasteiger partial charge in [0.25, 0.3) is 0 Å². The number of hydrogen-bond acceptors (Lipinski definition) is 6. The van der Waals surface area contributed by atoms with Gasteiger partial charge in [-0.2, -0.15) is 0 Å². The summed E-state index contributed by atoms with van der Waals surface area (Å²) in [6.45, 7) is 0. The largest absolute Gasteiger partial charge is 0.479 e. The number of carboxylic acid groups (broad SMARTS) is 1. The van der Waals surface area contributed by atoms with E-state index in [4.69, 9.17) is 25.5 Å². The Bertz CT molecular complexity index is 205. The molecule has 0 aromatic rings. The molecule has 76 valence electrons. The second kappa shape index (κ2) is 3.56. The van der Waals surface area contributed by atoms with Crippen LogP contribution in [-0.4, -0.2) is 62.2 Å². The van der Waals surface area contributed by atoms with Gasteiger partial charge in [-0.1, -0.05) is 0 Å². The van der Waals surface area contributed by atoms with Crippen LogP contribution in [-0.2, 0) is 9.53 Å². The number of rotatable bonds is 1. The fourth-order valence-electron chi connectivity index (χ4n) is 1.07. The van der Waals surface area contributed by atoms with Gasteiger partial charge in [-0.15, -0.1) is 0 Å². The average molecular weight is 194 g/mol. The highest BCUT2D eigenvalue weighted by molar-refractivity contribution is 5.73. The van der Waals surface area contributed by atoms with E-state index in [0.29, 0.717) is 0 Å². The lowest BCUT2D eigenvalue weighted by molar-refractivity contribution is -0.279. The Balaban J connectivity index is 2.76. The van der Waals surface area contributed by atoms with E-state index in [1.807, 2.05) is 0 Å². The maximum atomic E-state index is 10.4. The molecule has 0 radical (unpaired) electrons. The summed E-state index contributed by atoms with van der Waals surface area (Å²) < 4.78 is 4.34. The summed E-state index contributed by atoms with van der Waals surface area (Å²) in [6.07, 6.45) is -8.72. The monoisotopic (exact) mass is 194 g/mol. The molecule has 1 rings (SSSR count). The molecule has 1 heterocycles. The van der Waals surface area contributed by atoms with Gasteiger partial charge in [0.2, 0.25) is 0 Å². The van der Waals surface area contributed by atoms with Crippen molar-refractivity contribution < 1.29 is 35.1 Å². The molecule has 1 aliphatic rings. The van der Waals surface area contributed by atoms with Crippen LogP contribution < -0.4 is 0 Å². The molecule has 3 unspecified atom stereocenters. The van der Waals surface area contributed by atoms with Gasteiger partial charge in [0.15, 0.2) is 12.4 Å². The molecule has 0 aromatic carbocycles. The van der Waals surface area contributed by atoms with Crippen LogP contribution in [0, 0.1) is 0 Å². The van der Waals surface area contributed by atoms with Gasteiger partial charge in [-0.25, -0.2) is 4.79 Å². The number of carbonyl (C=O) groups is 1. The third-order valence-electron chi connectivity index (χ3n) is 1.83. The van der Waals surface area contributed by atoms with Crippen molar-refractivity contribution in [1.82, 2.24) is 0 Å². The number of aliphatic hydroxyl groups is 4. The lowest BCUT2D eigenvalue weighted by Crippen LogP contribution is -2.59. The standard InChI is InChI=1S/C6H10O7/c7-1-2(8)4(5(10)11)13-6(12)3(1)9/h1-4,6-9,12H,(H,10,11)/t1?,2-,3?,4?,6-/m0/s1. The van der Waals surface area contributed by atoms with E-state index in [1.165, 1.54) is 0 Å². The first kappa shape index (κ1) is 10.4. The zero-order valence-electron chi connectivity index (χ0n) is 6.44. The summed E-state index contributed by atoms with van der Waals surface area (Å²) in [5.41, 5.74) is 0. The number of hydrogen-bond donors (Lipinski definition) is 5. The molecule has 0 bridgehead atoms. The highest BCUT2D eigenvalue weighted by Crippen LogP contribution is 2.19. The Morgan fingerprint density at radius 1 is 1.00 bits per heavy atom. The van der Waals surface area contributed by atoms with Crippen LogP contribution >= 0.6 is 0 Å². The molecule has 1 aliphatic heterocycles. The molecular weight excluding hydrogens is 184 g/mol. The van der Waals surface area contributed by atoms with E-state index in [2.05, 4.69) is 4.74 Å². The minimum absolute atomic E-state index is 1.52. The summed E-state index contributed by atoms with van der Waals surface area (Å²) >= 11 is 0. The van der Waals surface area contributed by atoms with Gasteiger partial charge < -0.3 is 30.3 Å². The van der Waals surface area contributed by atoms with E-state index in [1.54, 1.807) is 0 Å². The number of aliphatic carboxylic acids is 1. The molecule has 7 nitrogen and oxygen atoms in total. The van der Waals surface area contributed by atoms with Crippen molar-refractivity contribution in [3.63, 3.8) is 0 Å². The zero-order chi connectivity index (χ0) is 10.2. The van der Waals surface area contributed by atoms with E-state index < -0.39 is 36.7 Å². The Kier molecular flexibility index (Phi) is 2.84. The van der Waals surface area contributed by atoms with Crippen LogP contribution in [0.4, 0.5) is 0 Å². The molecule has 0 aromatic heterocycles. The molecule has 5 atom stereocenters. The van der Waals surface area contributed by atoms with Gasteiger partial charge in [-0.3, -0.25) is 0 Å². The zero-order valence-corrected chi connectivity index (χ0v) is 6.44. The van der Waals surface area contributed by atoms with E-state index >= 15 is 0 Å². The van der Waals surface area contributed by atoms with Gasteiger partial charge in [0.1, 0.15) is 18.3 Å². The van der Waals surface area contributed by atoms with Gasteiger partial charge in [0, 0.05) is 0 Å². The van der Waals surface area contributed by atoms with Crippen molar-refractivity contribution >= 4 is 5.97 Å². The van der Waals surface area contributed by atoms with E-state index in [-0.39, 0.29) is 0 Å². The van der Waals surface area contributed by atoms with Crippen molar-refractivity contribution in [3.05, 3.63) is 0 Å². The Morgan fingerprint density at radius 2 is 1.54 bits per heavy atom. The minimum atomic E-state index is -1.81. The first-order valence-corrected chi connectivity index (χ1v) is 3.55. The summed E-state index contributed by atoms with van der Waals surface area (Å²) in [4.78, 5) is 10.4. The molecular formula is C6H10O7. The summed E-state index contributed by atoms with van der Waals surface area (Å²) in [6, 6.07) is 0. The first-order valence-electron chi connectivity index (χ1n) is 3.55. The lowest BCUT2D eigenvalue weighted by atomic mass is 9.99. The molecule has 1 saturated heterocycles. The molecule has 0 saturated carbocycles. The summed E-state index contributed by atoms with van der Waals surface area (Å²) in [7, 11) is 0. The van der Waals surface area contributed by atoms with Crippen molar-refractivity contribution in [1.29, 1.82) is 0 Å². The lowest BCUT2D eigenvalue weighted by Gasteiger charge is -2.36. The predicted octanol–water partition coefficient (Wildman–Crippen LogP) is -3.13. The van der Waals surface area contributed by atoms with Gasteiger partial charge in [0.05, 0.1) is 0 Å². The highest BCUT2D eigenvalue weighted by Gasteiger charge is 2.46. The Hall–Kier alpha value is -0.730. The van der Waals surface area contributed by atoms with Crippen LogP contribution in [0.2, 0.25) is 0 Å². The number of aliphatic hydroxyl groups excluding tert-OH is 4. The highest BCUT2D eigenvalue weighted by atomic mass is 16.6. The molecule has 0 spiro atoms. The van der Waals surface area contributed by atoms with Crippen LogP contribution in [0.15, 0.2) is 0 Å². The predicted molar refractivity (Wildman–Crippen MR) is 36.5 cm³/mol. The summed E-state index contributed by atoms with van der Waals surface area (Å²) in [5.74, 6) is -1.52. The fraction of sp³-hybridized carbons (Fsp3) is 0.833. The Morgan fingerprint density at radius 3 is 2.00 bits per heavy atom. The van der Waals surface area contributed by atoms with E-state index in [0.717, 1.165) is 0 Å². The normalized spacial score (nSPS) is 46.0.